The highest BCUT2D eigenvalue weighted by Crippen LogP contribution is 2.45. The van der Waals surface area contributed by atoms with Gasteiger partial charge < -0.3 is 0 Å². The third kappa shape index (κ3) is 4.00. The standard InChI is InChI=1S/C42H28/c1-4-14-29(15-5-1)33-26-27-34(36-21-11-10-20-35(33)36)32-24-25-39-40(28-32)42(31-18-8-3-9-19-31)38-23-13-12-22-37(38)41(39)30-16-6-2-7-17-30/h1-28H. The first kappa shape index (κ1) is 24.3. The maximum Gasteiger partial charge on any atom is -0.00262 e. The molecule has 42 heavy (non-hydrogen) atoms. The molecule has 0 aliphatic heterocycles. The van der Waals surface area contributed by atoms with Crippen LogP contribution in [0, 0.1) is 0 Å². The molecule has 0 aromatic heterocycles. The zero-order valence-electron chi connectivity index (χ0n) is 23.2. The summed E-state index contributed by atoms with van der Waals surface area (Å²) < 4.78 is 0. The lowest BCUT2D eigenvalue weighted by atomic mass is 9.84. The van der Waals surface area contributed by atoms with E-state index in [9.17, 15) is 0 Å². The number of hydrogen-bond donors (Lipinski definition) is 0. The molecular weight excluding hydrogens is 504 g/mol. The predicted molar refractivity (Wildman–Crippen MR) is 181 cm³/mol. The average molecular weight is 533 g/mol. The van der Waals surface area contributed by atoms with Crippen LogP contribution in [0.25, 0.3) is 76.8 Å². The summed E-state index contributed by atoms with van der Waals surface area (Å²) in [6.07, 6.45) is 0. The first-order chi connectivity index (χ1) is 20.9. The minimum Gasteiger partial charge on any atom is -0.0622 e. The molecule has 8 rings (SSSR count). The smallest absolute Gasteiger partial charge is 0.00262 e. The Kier molecular flexibility index (Phi) is 5.90. The Morgan fingerprint density at radius 2 is 0.595 bits per heavy atom. The van der Waals surface area contributed by atoms with Gasteiger partial charge in [0.15, 0.2) is 0 Å². The number of hydrogen-bond acceptors (Lipinski definition) is 0. The topological polar surface area (TPSA) is 0 Å². The molecule has 0 heteroatoms. The fourth-order valence-corrected chi connectivity index (χ4v) is 6.60. The highest BCUT2D eigenvalue weighted by molar-refractivity contribution is 6.22. The van der Waals surface area contributed by atoms with Crippen molar-refractivity contribution in [3.8, 4) is 44.5 Å². The molecule has 0 spiro atoms. The maximum atomic E-state index is 2.42. The van der Waals surface area contributed by atoms with Crippen molar-refractivity contribution in [1.82, 2.24) is 0 Å². The Balaban J connectivity index is 1.46. The third-order valence-corrected chi connectivity index (χ3v) is 8.47. The second-order valence-corrected chi connectivity index (χ2v) is 10.9. The van der Waals surface area contributed by atoms with Crippen LogP contribution >= 0.6 is 0 Å². The van der Waals surface area contributed by atoms with Crippen LogP contribution in [0.1, 0.15) is 0 Å². The second kappa shape index (κ2) is 10.2. The van der Waals surface area contributed by atoms with Gasteiger partial charge in [-0.2, -0.15) is 0 Å². The van der Waals surface area contributed by atoms with Crippen LogP contribution < -0.4 is 0 Å². The first-order valence-corrected chi connectivity index (χ1v) is 14.5. The van der Waals surface area contributed by atoms with Gasteiger partial charge in [0, 0.05) is 0 Å². The monoisotopic (exact) mass is 532 g/mol. The highest BCUT2D eigenvalue weighted by atomic mass is 14.2. The zero-order chi connectivity index (χ0) is 27.9. The minimum absolute atomic E-state index is 1.23. The summed E-state index contributed by atoms with van der Waals surface area (Å²) in [5.74, 6) is 0. The predicted octanol–water partition coefficient (Wildman–Crippen LogP) is 11.8. The third-order valence-electron chi connectivity index (χ3n) is 8.47. The Bertz CT molecular complexity index is 2210. The molecular formula is C42H28. The summed E-state index contributed by atoms with van der Waals surface area (Å²) in [6.45, 7) is 0. The molecule has 8 aromatic carbocycles. The molecule has 0 N–H and O–H groups in total. The molecule has 0 amide bonds. The maximum absolute atomic E-state index is 2.42. The lowest BCUT2D eigenvalue weighted by Crippen LogP contribution is -1.92. The van der Waals surface area contributed by atoms with Crippen molar-refractivity contribution in [2.45, 2.75) is 0 Å². The van der Waals surface area contributed by atoms with Crippen LogP contribution in [-0.2, 0) is 0 Å². The minimum atomic E-state index is 1.23. The number of fused-ring (bicyclic) bond motifs is 3. The van der Waals surface area contributed by atoms with Gasteiger partial charge >= 0.3 is 0 Å². The summed E-state index contributed by atoms with van der Waals surface area (Å²) in [5.41, 5.74) is 10.0. The molecule has 0 nitrogen and oxygen atoms in total. The Morgan fingerprint density at radius 3 is 1.12 bits per heavy atom. The summed E-state index contributed by atoms with van der Waals surface area (Å²) in [5, 5.41) is 7.63. The van der Waals surface area contributed by atoms with Crippen LogP contribution in [0.2, 0.25) is 0 Å². The van der Waals surface area contributed by atoms with Crippen molar-refractivity contribution in [3.05, 3.63) is 170 Å². The van der Waals surface area contributed by atoms with Crippen LogP contribution in [0.4, 0.5) is 0 Å². The summed E-state index contributed by atoms with van der Waals surface area (Å²) in [6, 6.07) is 61.7. The van der Waals surface area contributed by atoms with Gasteiger partial charge in [-0.3, -0.25) is 0 Å². The Morgan fingerprint density at radius 1 is 0.214 bits per heavy atom. The zero-order valence-corrected chi connectivity index (χ0v) is 23.2. The van der Waals surface area contributed by atoms with Gasteiger partial charge in [-0.05, 0) is 82.9 Å². The lowest BCUT2D eigenvalue weighted by molar-refractivity contribution is 1.63. The van der Waals surface area contributed by atoms with Gasteiger partial charge in [-0.25, -0.2) is 0 Å². The molecule has 0 fully saturated rings. The van der Waals surface area contributed by atoms with Crippen molar-refractivity contribution >= 4 is 32.3 Å². The lowest BCUT2D eigenvalue weighted by Gasteiger charge is -2.19. The molecule has 0 bridgehead atoms. The Hall–Kier alpha value is -5.46. The second-order valence-electron chi connectivity index (χ2n) is 10.9. The molecule has 8 aromatic rings. The summed E-state index contributed by atoms with van der Waals surface area (Å²) in [7, 11) is 0. The molecule has 0 aliphatic carbocycles. The van der Waals surface area contributed by atoms with Gasteiger partial charge in [-0.15, -0.1) is 0 Å². The van der Waals surface area contributed by atoms with E-state index >= 15 is 0 Å². The van der Waals surface area contributed by atoms with E-state index in [2.05, 4.69) is 170 Å². The van der Waals surface area contributed by atoms with E-state index in [0.29, 0.717) is 0 Å². The molecule has 0 saturated carbocycles. The van der Waals surface area contributed by atoms with Gasteiger partial charge in [-0.1, -0.05) is 164 Å². The van der Waals surface area contributed by atoms with Crippen LogP contribution in [-0.4, -0.2) is 0 Å². The van der Waals surface area contributed by atoms with Crippen molar-refractivity contribution in [2.24, 2.45) is 0 Å². The highest BCUT2D eigenvalue weighted by Gasteiger charge is 2.18. The molecule has 0 aliphatic rings. The molecule has 0 heterocycles. The first-order valence-electron chi connectivity index (χ1n) is 14.5. The van der Waals surface area contributed by atoms with Gasteiger partial charge in [0.25, 0.3) is 0 Å². The van der Waals surface area contributed by atoms with Crippen molar-refractivity contribution in [1.29, 1.82) is 0 Å². The summed E-state index contributed by atoms with van der Waals surface area (Å²) in [4.78, 5) is 0. The van der Waals surface area contributed by atoms with Crippen molar-refractivity contribution < 1.29 is 0 Å². The largest absolute Gasteiger partial charge is 0.0622 e. The van der Waals surface area contributed by atoms with Crippen LogP contribution in [0.15, 0.2) is 170 Å². The molecule has 0 unspecified atom stereocenters. The molecule has 0 saturated heterocycles. The van der Waals surface area contributed by atoms with Crippen molar-refractivity contribution in [3.63, 3.8) is 0 Å². The quantitative estimate of drug-likeness (QED) is 0.198. The van der Waals surface area contributed by atoms with E-state index in [1.807, 2.05) is 0 Å². The van der Waals surface area contributed by atoms with E-state index in [-0.39, 0.29) is 0 Å². The number of benzene rings is 8. The fourth-order valence-electron chi connectivity index (χ4n) is 6.60. The summed E-state index contributed by atoms with van der Waals surface area (Å²) >= 11 is 0. The number of rotatable bonds is 4. The van der Waals surface area contributed by atoms with Gasteiger partial charge in [0.1, 0.15) is 0 Å². The molecule has 0 atom stereocenters. The SMILES string of the molecule is c1ccc(-c2ccc(-c3ccc4c(-c5ccccc5)c5ccccc5c(-c5ccccc5)c4c3)c3ccccc23)cc1. The van der Waals surface area contributed by atoms with E-state index < -0.39 is 0 Å². The van der Waals surface area contributed by atoms with Crippen LogP contribution in [0.5, 0.6) is 0 Å². The normalized spacial score (nSPS) is 11.3. The molecule has 196 valence electrons. The van der Waals surface area contributed by atoms with E-state index in [1.54, 1.807) is 0 Å². The molecule has 0 radical (unpaired) electrons. The fraction of sp³-hybridized carbons (Fsp3) is 0. The van der Waals surface area contributed by atoms with Gasteiger partial charge in [0.05, 0.1) is 0 Å². The van der Waals surface area contributed by atoms with E-state index in [0.717, 1.165) is 0 Å². The Labute approximate surface area is 246 Å². The van der Waals surface area contributed by atoms with E-state index in [1.165, 1.54) is 76.8 Å². The van der Waals surface area contributed by atoms with Crippen LogP contribution in [0.3, 0.4) is 0 Å². The van der Waals surface area contributed by atoms with Gasteiger partial charge in [0.2, 0.25) is 0 Å². The van der Waals surface area contributed by atoms with E-state index in [4.69, 9.17) is 0 Å². The van der Waals surface area contributed by atoms with Crippen molar-refractivity contribution in [2.75, 3.05) is 0 Å². The average Bonchev–Trinajstić information content (AvgIpc) is 3.07.